The van der Waals surface area contributed by atoms with Gasteiger partial charge < -0.3 is 4.74 Å². The quantitative estimate of drug-likeness (QED) is 0.599. The smallest absolute Gasteiger partial charge is 0.170 e. The third-order valence-corrected chi connectivity index (χ3v) is 2.58. The van der Waals surface area contributed by atoms with Crippen LogP contribution in [-0.4, -0.2) is 18.2 Å². The monoisotopic (exact) mass is 254 g/mol. The minimum atomic E-state index is -0.208. The Balaban J connectivity index is 3.06. The van der Waals surface area contributed by atoms with Gasteiger partial charge in [0, 0.05) is 5.56 Å². The maximum Gasteiger partial charge on any atom is 0.170 e. The number of halogens is 1. The number of hydrogen-bond acceptors (Lipinski definition) is 3. The predicted molar refractivity (Wildman–Crippen MR) is 67.0 cm³/mol. The molecule has 0 saturated carbocycles. The third kappa shape index (κ3) is 3.56. The summed E-state index contributed by atoms with van der Waals surface area (Å²) in [5.74, 6) is 0.199. The second-order valence-electron chi connectivity index (χ2n) is 3.83. The van der Waals surface area contributed by atoms with E-state index in [1.54, 1.807) is 19.1 Å². The molecule has 0 aromatic heterocycles. The highest BCUT2D eigenvalue weighted by molar-refractivity contribution is 6.32. The summed E-state index contributed by atoms with van der Waals surface area (Å²) in [4.78, 5) is 22.7. The van der Waals surface area contributed by atoms with E-state index in [2.05, 4.69) is 0 Å². The molecule has 0 N–H and O–H groups in total. The number of benzene rings is 1. The maximum atomic E-state index is 11.8. The van der Waals surface area contributed by atoms with Gasteiger partial charge >= 0.3 is 0 Å². The summed E-state index contributed by atoms with van der Waals surface area (Å²) in [6, 6.07) is 3.28. The van der Waals surface area contributed by atoms with Gasteiger partial charge in [-0.2, -0.15) is 0 Å². The van der Waals surface area contributed by atoms with E-state index in [-0.39, 0.29) is 18.0 Å². The molecule has 0 aliphatic rings. The number of carbonyl (C=O) groups excluding carboxylic acids is 2. The number of ketones is 2. The molecule has 92 valence electrons. The van der Waals surface area contributed by atoms with Gasteiger partial charge in [0.15, 0.2) is 5.78 Å². The van der Waals surface area contributed by atoms with Gasteiger partial charge in [0.2, 0.25) is 0 Å². The molecule has 1 aromatic carbocycles. The Bertz CT molecular complexity index is 452. The van der Waals surface area contributed by atoms with E-state index in [1.807, 2.05) is 6.92 Å². The highest BCUT2D eigenvalue weighted by Crippen LogP contribution is 2.28. The molecule has 0 fully saturated rings. The fourth-order valence-corrected chi connectivity index (χ4v) is 1.76. The molecule has 1 rings (SSSR count). The van der Waals surface area contributed by atoms with E-state index < -0.39 is 0 Å². The van der Waals surface area contributed by atoms with Gasteiger partial charge in [0.05, 0.1) is 18.1 Å². The van der Waals surface area contributed by atoms with Gasteiger partial charge in [-0.1, -0.05) is 11.6 Å². The van der Waals surface area contributed by atoms with Crippen molar-refractivity contribution >= 4 is 23.2 Å². The molecule has 3 nitrogen and oxygen atoms in total. The zero-order valence-electron chi connectivity index (χ0n) is 10.2. The molecular weight excluding hydrogens is 240 g/mol. The first-order valence-electron chi connectivity index (χ1n) is 5.41. The molecule has 0 unspecified atom stereocenters. The van der Waals surface area contributed by atoms with Gasteiger partial charge in [0.1, 0.15) is 11.5 Å². The summed E-state index contributed by atoms with van der Waals surface area (Å²) in [7, 11) is 0. The Labute approximate surface area is 106 Å². The molecule has 0 aliphatic heterocycles. The Morgan fingerprint density at radius 1 is 1.35 bits per heavy atom. The van der Waals surface area contributed by atoms with Crippen LogP contribution in [0.5, 0.6) is 5.75 Å². The number of Topliss-reactive ketones (excluding diaryl/α,β-unsaturated/α-hetero) is 2. The van der Waals surface area contributed by atoms with E-state index in [4.69, 9.17) is 16.3 Å². The van der Waals surface area contributed by atoms with Gasteiger partial charge in [-0.05, 0) is 38.5 Å². The highest BCUT2D eigenvalue weighted by atomic mass is 35.5. The van der Waals surface area contributed by atoms with Crippen LogP contribution in [-0.2, 0) is 4.79 Å². The molecule has 0 heterocycles. The lowest BCUT2D eigenvalue weighted by Gasteiger charge is -2.10. The first-order chi connectivity index (χ1) is 7.95. The predicted octanol–water partition coefficient (Wildman–Crippen LogP) is 3.21. The molecule has 0 radical (unpaired) electrons. The van der Waals surface area contributed by atoms with Crippen molar-refractivity contribution in [1.82, 2.24) is 0 Å². The van der Waals surface area contributed by atoms with Crippen molar-refractivity contribution < 1.29 is 14.3 Å². The summed E-state index contributed by atoms with van der Waals surface area (Å²) >= 11 is 6.00. The lowest BCUT2D eigenvalue weighted by Crippen LogP contribution is -2.07. The second-order valence-corrected chi connectivity index (χ2v) is 4.24. The molecule has 1 aromatic rings. The van der Waals surface area contributed by atoms with Crippen LogP contribution in [0.25, 0.3) is 0 Å². The fourth-order valence-electron chi connectivity index (χ4n) is 1.54. The Hall–Kier alpha value is -1.35. The molecule has 0 atom stereocenters. The average molecular weight is 255 g/mol. The Morgan fingerprint density at radius 3 is 2.53 bits per heavy atom. The molecule has 0 amide bonds. The van der Waals surface area contributed by atoms with Crippen LogP contribution < -0.4 is 4.74 Å². The van der Waals surface area contributed by atoms with Crippen molar-refractivity contribution in [2.75, 3.05) is 6.61 Å². The Morgan fingerprint density at radius 2 is 2.00 bits per heavy atom. The molecular formula is C13H15ClO3. The van der Waals surface area contributed by atoms with Crippen molar-refractivity contribution in [3.63, 3.8) is 0 Å². The Kier molecular flexibility index (Phi) is 4.70. The van der Waals surface area contributed by atoms with E-state index in [1.165, 1.54) is 6.92 Å². The minimum absolute atomic E-state index is 0.0921. The van der Waals surface area contributed by atoms with Gasteiger partial charge in [-0.3, -0.25) is 9.59 Å². The number of aryl methyl sites for hydroxylation is 1. The van der Waals surface area contributed by atoms with Crippen LogP contribution >= 0.6 is 11.6 Å². The van der Waals surface area contributed by atoms with E-state index in [0.29, 0.717) is 22.9 Å². The highest BCUT2D eigenvalue weighted by Gasteiger charge is 2.14. The zero-order chi connectivity index (χ0) is 13.0. The molecule has 0 saturated heterocycles. The van der Waals surface area contributed by atoms with Gasteiger partial charge in [-0.25, -0.2) is 0 Å². The molecule has 4 heteroatoms. The van der Waals surface area contributed by atoms with Gasteiger partial charge in [0.25, 0.3) is 0 Å². The molecule has 0 bridgehead atoms. The van der Waals surface area contributed by atoms with Crippen LogP contribution in [0.2, 0.25) is 5.02 Å². The van der Waals surface area contributed by atoms with Crippen LogP contribution in [0.15, 0.2) is 12.1 Å². The zero-order valence-corrected chi connectivity index (χ0v) is 10.9. The topological polar surface area (TPSA) is 43.4 Å². The lowest BCUT2D eigenvalue weighted by molar-refractivity contribution is -0.116. The average Bonchev–Trinajstić information content (AvgIpc) is 2.22. The largest absolute Gasteiger partial charge is 0.492 e. The standard InChI is InChI=1S/C13H15ClO3/c1-4-17-13-5-8(2)10(7-11(13)14)12(16)6-9(3)15/h5,7H,4,6H2,1-3H3. The fraction of sp³-hybridized carbons (Fsp3) is 0.385. The first kappa shape index (κ1) is 13.7. The summed E-state index contributed by atoms with van der Waals surface area (Å²) in [6.45, 7) is 5.57. The van der Waals surface area contributed by atoms with Crippen molar-refractivity contribution in [1.29, 1.82) is 0 Å². The van der Waals surface area contributed by atoms with Crippen molar-refractivity contribution in [2.24, 2.45) is 0 Å². The van der Waals surface area contributed by atoms with Crippen molar-refractivity contribution in [2.45, 2.75) is 27.2 Å². The third-order valence-electron chi connectivity index (χ3n) is 2.29. The van der Waals surface area contributed by atoms with Crippen LogP contribution in [0, 0.1) is 6.92 Å². The van der Waals surface area contributed by atoms with Crippen molar-refractivity contribution in [3.8, 4) is 5.75 Å². The summed E-state index contributed by atoms with van der Waals surface area (Å²) in [5, 5.41) is 0.393. The summed E-state index contributed by atoms with van der Waals surface area (Å²) in [5.41, 5.74) is 1.25. The summed E-state index contributed by atoms with van der Waals surface area (Å²) < 4.78 is 5.32. The maximum absolute atomic E-state index is 11.8. The van der Waals surface area contributed by atoms with E-state index in [9.17, 15) is 9.59 Å². The van der Waals surface area contributed by atoms with Crippen molar-refractivity contribution in [3.05, 3.63) is 28.3 Å². The number of ether oxygens (including phenoxy) is 1. The first-order valence-corrected chi connectivity index (χ1v) is 5.79. The van der Waals surface area contributed by atoms with Gasteiger partial charge in [-0.15, -0.1) is 0 Å². The van der Waals surface area contributed by atoms with Crippen LogP contribution in [0.3, 0.4) is 0 Å². The molecule has 0 spiro atoms. The number of carbonyl (C=O) groups is 2. The minimum Gasteiger partial charge on any atom is -0.492 e. The summed E-state index contributed by atoms with van der Waals surface area (Å²) in [6.07, 6.45) is -0.0921. The van der Waals surface area contributed by atoms with Crippen LogP contribution in [0.1, 0.15) is 36.2 Å². The normalized spacial score (nSPS) is 10.1. The molecule has 17 heavy (non-hydrogen) atoms. The second kappa shape index (κ2) is 5.82. The number of rotatable bonds is 5. The van der Waals surface area contributed by atoms with Crippen LogP contribution in [0.4, 0.5) is 0 Å². The lowest BCUT2D eigenvalue weighted by atomic mass is 10.0. The SMILES string of the molecule is CCOc1cc(C)c(C(=O)CC(C)=O)cc1Cl. The van der Waals surface area contributed by atoms with E-state index in [0.717, 1.165) is 5.56 Å². The van der Waals surface area contributed by atoms with E-state index >= 15 is 0 Å². The number of hydrogen-bond donors (Lipinski definition) is 0. The molecule has 0 aliphatic carbocycles.